The molecule has 0 aliphatic carbocycles. The molecule has 124 valence electrons. The van der Waals surface area contributed by atoms with E-state index < -0.39 is 5.56 Å². The number of H-pyrrole nitrogens is 2. The Labute approximate surface area is 141 Å². The average molecular weight is 335 g/mol. The quantitative estimate of drug-likeness (QED) is 0.521. The van der Waals surface area contributed by atoms with E-state index in [0.717, 1.165) is 5.56 Å². The van der Waals surface area contributed by atoms with E-state index in [4.69, 9.17) is 0 Å². The van der Waals surface area contributed by atoms with Gasteiger partial charge >= 0.3 is 0 Å². The monoisotopic (exact) mass is 335 g/mol. The molecule has 2 aromatic heterocycles. The number of carbonyl (C=O) groups excluding carboxylic acids is 1. The van der Waals surface area contributed by atoms with Crippen LogP contribution >= 0.6 is 0 Å². The first-order valence-electron chi connectivity index (χ1n) is 7.75. The lowest BCUT2D eigenvalue weighted by Gasteiger charge is -2.11. The van der Waals surface area contributed by atoms with Gasteiger partial charge in [0.15, 0.2) is 0 Å². The van der Waals surface area contributed by atoms with E-state index >= 15 is 0 Å². The molecule has 3 N–H and O–H groups in total. The topological polar surface area (TPSA) is 77.8 Å². The average Bonchev–Trinajstić information content (AvgIpc) is 2.93. The van der Waals surface area contributed by atoms with E-state index in [1.54, 1.807) is 6.07 Å². The molecule has 0 unspecified atom stereocenters. The lowest BCUT2D eigenvalue weighted by molar-refractivity contribution is -0.114. The van der Waals surface area contributed by atoms with Gasteiger partial charge in [0.25, 0.3) is 5.56 Å². The summed E-state index contributed by atoms with van der Waals surface area (Å²) < 4.78 is 13.7. The van der Waals surface area contributed by atoms with E-state index in [0.29, 0.717) is 27.5 Å². The van der Waals surface area contributed by atoms with Crippen LogP contribution in [0.15, 0.2) is 53.3 Å². The van der Waals surface area contributed by atoms with Crippen LogP contribution in [0.3, 0.4) is 0 Å². The maximum absolute atomic E-state index is 13.7. The number of pyridine rings is 1. The minimum absolute atomic E-state index is 0.165. The Morgan fingerprint density at radius 2 is 1.80 bits per heavy atom. The molecule has 0 bridgehead atoms. The zero-order valence-electron chi connectivity index (χ0n) is 13.3. The molecule has 0 atom stereocenters. The molecule has 1 amide bonds. The predicted octanol–water partition coefficient (Wildman–Crippen LogP) is 3.77. The number of carbonyl (C=O) groups is 1. The van der Waals surface area contributed by atoms with Crippen molar-refractivity contribution < 1.29 is 9.18 Å². The SMILES string of the molecule is CC(=O)Nc1c(-c2ccccc2)c2[nH]c3ccc(F)cc3c2[nH]c1=O. The van der Waals surface area contributed by atoms with Gasteiger partial charge in [0, 0.05) is 23.4 Å². The molecule has 0 saturated heterocycles. The molecule has 4 rings (SSSR count). The highest BCUT2D eigenvalue weighted by Gasteiger charge is 2.19. The molecule has 0 radical (unpaired) electrons. The second-order valence-electron chi connectivity index (χ2n) is 5.82. The van der Waals surface area contributed by atoms with Gasteiger partial charge in [-0.1, -0.05) is 30.3 Å². The molecular formula is C19H14FN3O2. The molecule has 2 aromatic carbocycles. The Hall–Kier alpha value is -3.41. The lowest BCUT2D eigenvalue weighted by atomic mass is 10.0. The molecule has 2 heterocycles. The zero-order valence-corrected chi connectivity index (χ0v) is 13.3. The van der Waals surface area contributed by atoms with E-state index in [9.17, 15) is 14.0 Å². The Bertz CT molecular complexity index is 1180. The van der Waals surface area contributed by atoms with Crippen LogP contribution < -0.4 is 10.9 Å². The number of aromatic nitrogens is 2. The van der Waals surface area contributed by atoms with Gasteiger partial charge in [-0.05, 0) is 23.8 Å². The van der Waals surface area contributed by atoms with Crippen molar-refractivity contribution >= 4 is 33.5 Å². The van der Waals surface area contributed by atoms with Gasteiger partial charge < -0.3 is 15.3 Å². The number of amides is 1. The fourth-order valence-corrected chi connectivity index (χ4v) is 3.08. The Kier molecular flexibility index (Phi) is 3.39. The molecule has 25 heavy (non-hydrogen) atoms. The second-order valence-corrected chi connectivity index (χ2v) is 5.82. The summed E-state index contributed by atoms with van der Waals surface area (Å²) in [5.41, 5.74) is 2.91. The van der Waals surface area contributed by atoms with Gasteiger partial charge in [0.2, 0.25) is 5.91 Å². The summed E-state index contributed by atoms with van der Waals surface area (Å²) >= 11 is 0. The minimum Gasteiger partial charge on any atom is -0.353 e. The van der Waals surface area contributed by atoms with Crippen molar-refractivity contribution in [3.63, 3.8) is 0 Å². The first-order valence-corrected chi connectivity index (χ1v) is 7.75. The van der Waals surface area contributed by atoms with Crippen LogP contribution in [-0.2, 0) is 4.79 Å². The van der Waals surface area contributed by atoms with Crippen molar-refractivity contribution in [1.82, 2.24) is 9.97 Å². The van der Waals surface area contributed by atoms with Crippen molar-refractivity contribution in [2.75, 3.05) is 5.32 Å². The van der Waals surface area contributed by atoms with Crippen molar-refractivity contribution in [1.29, 1.82) is 0 Å². The number of rotatable bonds is 2. The summed E-state index contributed by atoms with van der Waals surface area (Å²) in [5.74, 6) is -0.731. The fraction of sp³-hybridized carbons (Fsp3) is 0.0526. The molecule has 0 saturated carbocycles. The van der Waals surface area contributed by atoms with Crippen LogP contribution in [0.5, 0.6) is 0 Å². The number of benzene rings is 2. The van der Waals surface area contributed by atoms with E-state index in [-0.39, 0.29) is 17.4 Å². The molecule has 0 fully saturated rings. The predicted molar refractivity (Wildman–Crippen MR) is 96.1 cm³/mol. The van der Waals surface area contributed by atoms with Gasteiger partial charge in [-0.3, -0.25) is 9.59 Å². The fourth-order valence-electron chi connectivity index (χ4n) is 3.08. The molecule has 0 aliphatic heterocycles. The number of nitrogens with one attached hydrogen (secondary N) is 3. The number of hydrogen-bond acceptors (Lipinski definition) is 2. The molecule has 5 nitrogen and oxygen atoms in total. The summed E-state index contributed by atoms with van der Waals surface area (Å²) in [7, 11) is 0. The van der Waals surface area contributed by atoms with Crippen LogP contribution in [0.4, 0.5) is 10.1 Å². The summed E-state index contributed by atoms with van der Waals surface area (Å²) in [6.45, 7) is 1.35. The second kappa shape index (κ2) is 5.59. The Morgan fingerprint density at radius 3 is 2.52 bits per heavy atom. The number of fused-ring (bicyclic) bond motifs is 3. The highest BCUT2D eigenvalue weighted by Crippen LogP contribution is 2.35. The normalized spacial score (nSPS) is 11.1. The Morgan fingerprint density at radius 1 is 1.04 bits per heavy atom. The van der Waals surface area contributed by atoms with Gasteiger partial charge in [-0.25, -0.2) is 4.39 Å². The number of halogens is 1. The van der Waals surface area contributed by atoms with Crippen molar-refractivity contribution in [2.45, 2.75) is 6.92 Å². The van der Waals surface area contributed by atoms with Crippen LogP contribution in [0.1, 0.15) is 6.92 Å². The van der Waals surface area contributed by atoms with Gasteiger partial charge in [0.05, 0.1) is 11.0 Å². The smallest absolute Gasteiger partial charge is 0.272 e. The van der Waals surface area contributed by atoms with Crippen LogP contribution in [0.25, 0.3) is 33.1 Å². The third-order valence-corrected chi connectivity index (χ3v) is 4.09. The summed E-state index contributed by atoms with van der Waals surface area (Å²) in [5, 5.41) is 3.19. The maximum Gasteiger partial charge on any atom is 0.272 e. The minimum atomic E-state index is -0.438. The third kappa shape index (κ3) is 2.48. The molecule has 6 heteroatoms. The lowest BCUT2D eigenvalue weighted by Crippen LogP contribution is -2.18. The van der Waals surface area contributed by atoms with Crippen LogP contribution in [0.2, 0.25) is 0 Å². The number of aromatic amines is 2. The van der Waals surface area contributed by atoms with E-state index in [1.807, 2.05) is 30.3 Å². The standard InChI is InChI=1S/C19H14FN3O2/c1-10(24)21-18-15(11-5-3-2-4-6-11)17-16(23-19(18)25)13-9-12(20)7-8-14(13)22-17/h2-9,22H,1H3,(H,21,24)(H,23,25). The summed E-state index contributed by atoms with van der Waals surface area (Å²) in [6.07, 6.45) is 0. The van der Waals surface area contributed by atoms with Crippen LogP contribution in [0, 0.1) is 5.82 Å². The number of anilines is 1. The van der Waals surface area contributed by atoms with Crippen LogP contribution in [-0.4, -0.2) is 15.9 Å². The number of hydrogen-bond donors (Lipinski definition) is 3. The highest BCUT2D eigenvalue weighted by atomic mass is 19.1. The maximum atomic E-state index is 13.7. The van der Waals surface area contributed by atoms with Crippen molar-refractivity contribution in [3.8, 4) is 11.1 Å². The molecule has 4 aromatic rings. The van der Waals surface area contributed by atoms with E-state index in [1.165, 1.54) is 19.1 Å². The molecule has 0 aliphatic rings. The molecule has 0 spiro atoms. The summed E-state index contributed by atoms with van der Waals surface area (Å²) in [4.78, 5) is 30.2. The van der Waals surface area contributed by atoms with Gasteiger partial charge in [-0.2, -0.15) is 0 Å². The first-order chi connectivity index (χ1) is 12.0. The Balaban J connectivity index is 2.18. The highest BCUT2D eigenvalue weighted by molar-refractivity contribution is 6.13. The van der Waals surface area contributed by atoms with Crippen molar-refractivity contribution in [3.05, 3.63) is 64.7 Å². The molecular weight excluding hydrogens is 321 g/mol. The summed E-state index contributed by atoms with van der Waals surface area (Å²) in [6, 6.07) is 13.6. The zero-order chi connectivity index (χ0) is 17.6. The largest absolute Gasteiger partial charge is 0.353 e. The first kappa shape index (κ1) is 15.1. The van der Waals surface area contributed by atoms with Gasteiger partial charge in [-0.15, -0.1) is 0 Å². The third-order valence-electron chi connectivity index (χ3n) is 4.09. The van der Waals surface area contributed by atoms with Crippen molar-refractivity contribution in [2.24, 2.45) is 0 Å². The van der Waals surface area contributed by atoms with E-state index in [2.05, 4.69) is 15.3 Å². The van der Waals surface area contributed by atoms with Gasteiger partial charge in [0.1, 0.15) is 11.5 Å².